The quantitative estimate of drug-likeness (QED) is 0.205. The molecule has 0 aliphatic carbocycles. The van der Waals surface area contributed by atoms with E-state index >= 15 is 0 Å². The Labute approximate surface area is 249 Å². The maximum atomic E-state index is 14.0. The van der Waals surface area contributed by atoms with Crippen LogP contribution in [0.5, 0.6) is 0 Å². The van der Waals surface area contributed by atoms with Crippen LogP contribution in [-0.2, 0) is 23.3 Å². The van der Waals surface area contributed by atoms with Gasteiger partial charge in [0.05, 0.1) is 23.8 Å². The topological polar surface area (TPSA) is 70.8 Å². The molecule has 4 rings (SSSR count). The van der Waals surface area contributed by atoms with Gasteiger partial charge < -0.3 is 14.2 Å². The molecule has 0 unspecified atom stereocenters. The molecule has 0 aliphatic rings. The van der Waals surface area contributed by atoms with E-state index in [9.17, 15) is 14.4 Å². The Bertz CT molecular complexity index is 1580. The van der Waals surface area contributed by atoms with E-state index in [0.29, 0.717) is 41.1 Å². The predicted octanol–water partition coefficient (Wildman–Crippen LogP) is 7.12. The minimum Gasteiger partial charge on any atom is -0.464 e. The molecule has 2 amide bonds. The largest absolute Gasteiger partial charge is 0.464 e. The number of carbonyl (C=O) groups is 2. The van der Waals surface area contributed by atoms with Crippen molar-refractivity contribution in [3.8, 4) is 0 Å². The van der Waals surface area contributed by atoms with Gasteiger partial charge in [-0.15, -0.1) is 0 Å². The van der Waals surface area contributed by atoms with Crippen molar-refractivity contribution in [1.29, 1.82) is 0 Å². The minimum absolute atomic E-state index is 0.0268. The molecule has 0 saturated heterocycles. The van der Waals surface area contributed by atoms with E-state index in [2.05, 4.69) is 34.6 Å². The van der Waals surface area contributed by atoms with Crippen molar-refractivity contribution < 1.29 is 14.0 Å². The van der Waals surface area contributed by atoms with E-state index in [-0.39, 0.29) is 35.7 Å². The number of aryl methyl sites for hydroxylation is 1. The third kappa shape index (κ3) is 7.75. The van der Waals surface area contributed by atoms with Gasteiger partial charge in [0, 0.05) is 18.7 Å². The summed E-state index contributed by atoms with van der Waals surface area (Å²) in [5.74, 6) is -0.0411. The molecule has 42 heavy (non-hydrogen) atoms. The first-order valence-electron chi connectivity index (χ1n) is 14.6. The molecule has 0 fully saturated rings. The Morgan fingerprint density at radius 3 is 2.21 bits per heavy atom. The first-order chi connectivity index (χ1) is 19.9. The Hall–Kier alpha value is -4.19. The second-order valence-electron chi connectivity index (χ2n) is 12.6. The van der Waals surface area contributed by atoms with Gasteiger partial charge >= 0.3 is 0 Å². The molecule has 0 atom stereocenters. The van der Waals surface area contributed by atoms with E-state index in [1.54, 1.807) is 15.9 Å². The van der Waals surface area contributed by atoms with Crippen molar-refractivity contribution in [2.45, 2.75) is 66.5 Å². The van der Waals surface area contributed by atoms with Gasteiger partial charge in [-0.25, -0.2) is 0 Å². The van der Waals surface area contributed by atoms with Crippen LogP contribution in [0.15, 0.2) is 88.3 Å². The summed E-state index contributed by atoms with van der Waals surface area (Å²) in [6.07, 6.45) is 2.22. The predicted molar refractivity (Wildman–Crippen MR) is 168 cm³/mol. The third-order valence-electron chi connectivity index (χ3n) is 7.52. The average molecular weight is 567 g/mol. The maximum Gasteiger partial charge on any atom is 0.254 e. The molecule has 0 aliphatic heterocycles. The zero-order valence-electron chi connectivity index (χ0n) is 25.6. The molecule has 3 aromatic carbocycles. The SMILES string of the molecule is Cc1ccc2occ(CN(Cc3ccccc3)C(=O)CN(CCC(C)C)C(=O)c3ccc(C(C)(C)C)cc3)c(=O)c2c1. The zero-order valence-corrected chi connectivity index (χ0v) is 25.6. The van der Waals surface area contributed by atoms with Crippen molar-refractivity contribution >= 4 is 22.8 Å². The molecule has 4 aromatic rings. The monoisotopic (exact) mass is 566 g/mol. The molecule has 0 bridgehead atoms. The van der Waals surface area contributed by atoms with Gasteiger partial charge in [0.1, 0.15) is 12.1 Å². The zero-order chi connectivity index (χ0) is 30.4. The Morgan fingerprint density at radius 2 is 1.57 bits per heavy atom. The maximum absolute atomic E-state index is 14.0. The van der Waals surface area contributed by atoms with Gasteiger partial charge in [-0.05, 0) is 60.1 Å². The van der Waals surface area contributed by atoms with E-state index in [1.807, 2.05) is 73.7 Å². The minimum atomic E-state index is -0.231. The number of nitrogens with zero attached hydrogens (tertiary/aromatic N) is 2. The van der Waals surface area contributed by atoms with Gasteiger partial charge in [-0.3, -0.25) is 14.4 Å². The van der Waals surface area contributed by atoms with Crippen molar-refractivity contribution in [2.75, 3.05) is 13.1 Å². The molecule has 1 aromatic heterocycles. The summed E-state index contributed by atoms with van der Waals surface area (Å²) < 4.78 is 5.78. The van der Waals surface area contributed by atoms with Crippen LogP contribution in [0, 0.1) is 12.8 Å². The van der Waals surface area contributed by atoms with Gasteiger partial charge in [0.2, 0.25) is 5.91 Å². The first kappa shape index (κ1) is 30.8. The van der Waals surface area contributed by atoms with E-state index < -0.39 is 0 Å². The average Bonchev–Trinajstić information content (AvgIpc) is 2.96. The van der Waals surface area contributed by atoms with Crippen LogP contribution < -0.4 is 5.43 Å². The fourth-order valence-corrected chi connectivity index (χ4v) is 4.86. The standard InChI is InChI=1S/C36H42N2O4/c1-25(2)18-19-37(35(41)28-13-15-30(16-14-28)36(4,5)6)23-33(39)38(21-27-10-8-7-9-11-27)22-29-24-42-32-17-12-26(3)20-31(32)34(29)40/h7-17,20,24-25H,18-19,21-23H2,1-6H3. The lowest BCUT2D eigenvalue weighted by atomic mass is 9.86. The lowest BCUT2D eigenvalue weighted by molar-refractivity contribution is -0.133. The molecule has 6 nitrogen and oxygen atoms in total. The third-order valence-corrected chi connectivity index (χ3v) is 7.52. The van der Waals surface area contributed by atoms with E-state index in [1.165, 1.54) is 6.26 Å². The van der Waals surface area contributed by atoms with E-state index in [4.69, 9.17) is 4.42 Å². The fourth-order valence-electron chi connectivity index (χ4n) is 4.86. The van der Waals surface area contributed by atoms with Crippen LogP contribution >= 0.6 is 0 Å². The highest BCUT2D eigenvalue weighted by Gasteiger charge is 2.25. The van der Waals surface area contributed by atoms with Gasteiger partial charge in [0.25, 0.3) is 5.91 Å². The van der Waals surface area contributed by atoms with Gasteiger partial charge in [-0.1, -0.05) is 88.7 Å². The summed E-state index contributed by atoms with van der Waals surface area (Å²) in [5, 5.41) is 0.493. The summed E-state index contributed by atoms with van der Waals surface area (Å²) in [6, 6.07) is 22.8. The second kappa shape index (κ2) is 13.2. The van der Waals surface area contributed by atoms with Crippen molar-refractivity contribution in [2.24, 2.45) is 5.92 Å². The molecule has 0 radical (unpaired) electrons. The molecule has 0 spiro atoms. The number of hydrogen-bond donors (Lipinski definition) is 0. The molecule has 0 saturated carbocycles. The molecule has 220 valence electrons. The summed E-state index contributed by atoms with van der Waals surface area (Å²) in [7, 11) is 0. The number of rotatable bonds is 10. The molecule has 6 heteroatoms. The lowest BCUT2D eigenvalue weighted by Gasteiger charge is -2.28. The fraction of sp³-hybridized carbons (Fsp3) is 0.361. The van der Waals surface area contributed by atoms with Crippen molar-refractivity contribution in [3.05, 3.63) is 117 Å². The molecule has 1 heterocycles. The van der Waals surface area contributed by atoms with Crippen LogP contribution in [0.2, 0.25) is 0 Å². The summed E-state index contributed by atoms with van der Waals surface area (Å²) in [4.78, 5) is 44.4. The summed E-state index contributed by atoms with van der Waals surface area (Å²) in [6.45, 7) is 13.3. The highest BCUT2D eigenvalue weighted by Crippen LogP contribution is 2.23. The Kier molecular flexibility index (Phi) is 9.66. The Balaban J connectivity index is 1.63. The highest BCUT2D eigenvalue weighted by molar-refractivity contribution is 5.96. The molecular formula is C36H42N2O4. The number of hydrogen-bond acceptors (Lipinski definition) is 4. The summed E-state index contributed by atoms with van der Waals surface area (Å²) in [5.41, 5.74) is 4.32. The highest BCUT2D eigenvalue weighted by atomic mass is 16.3. The van der Waals surface area contributed by atoms with Gasteiger partial charge in [0.15, 0.2) is 5.43 Å². The van der Waals surface area contributed by atoms with Crippen LogP contribution in [0.4, 0.5) is 0 Å². The van der Waals surface area contributed by atoms with E-state index in [0.717, 1.165) is 23.1 Å². The number of amides is 2. The van der Waals surface area contributed by atoms with Crippen LogP contribution in [-0.4, -0.2) is 34.7 Å². The number of fused-ring (bicyclic) bond motifs is 1. The van der Waals surface area contributed by atoms with Crippen LogP contribution in [0.1, 0.15) is 73.7 Å². The second-order valence-corrected chi connectivity index (χ2v) is 12.6. The van der Waals surface area contributed by atoms with Crippen molar-refractivity contribution in [3.63, 3.8) is 0 Å². The van der Waals surface area contributed by atoms with Crippen LogP contribution in [0.25, 0.3) is 11.0 Å². The van der Waals surface area contributed by atoms with Crippen LogP contribution in [0.3, 0.4) is 0 Å². The lowest BCUT2D eigenvalue weighted by Crippen LogP contribution is -2.43. The molecular weight excluding hydrogens is 524 g/mol. The number of carbonyl (C=O) groups excluding carboxylic acids is 2. The summed E-state index contributed by atoms with van der Waals surface area (Å²) >= 11 is 0. The van der Waals surface area contributed by atoms with Gasteiger partial charge in [-0.2, -0.15) is 0 Å². The Morgan fingerprint density at radius 1 is 0.881 bits per heavy atom. The smallest absolute Gasteiger partial charge is 0.254 e. The van der Waals surface area contributed by atoms with Crippen molar-refractivity contribution in [1.82, 2.24) is 9.80 Å². The number of benzene rings is 3. The first-order valence-corrected chi connectivity index (χ1v) is 14.6. The normalized spacial score (nSPS) is 11.6. The molecule has 0 N–H and O–H groups in total.